The zero-order chi connectivity index (χ0) is 16.9. The fourth-order valence-electron chi connectivity index (χ4n) is 2.25. The molecule has 3 rings (SSSR count). The van der Waals surface area contributed by atoms with Crippen molar-refractivity contribution >= 4 is 45.1 Å². The van der Waals surface area contributed by atoms with Crippen molar-refractivity contribution in [2.24, 2.45) is 4.99 Å². The van der Waals surface area contributed by atoms with Gasteiger partial charge in [-0.05, 0) is 29.8 Å². The summed E-state index contributed by atoms with van der Waals surface area (Å²) in [6.45, 7) is 0.365. The summed E-state index contributed by atoms with van der Waals surface area (Å²) >= 11 is 7.51. The van der Waals surface area contributed by atoms with Gasteiger partial charge in [-0.2, -0.15) is 4.99 Å². The molecule has 1 aromatic heterocycles. The summed E-state index contributed by atoms with van der Waals surface area (Å²) in [4.78, 5) is 16.9. The predicted molar refractivity (Wildman–Crippen MR) is 99.7 cm³/mol. The lowest BCUT2D eigenvalue weighted by Gasteiger charge is -1.98. The number of hydrogen-bond acceptors (Lipinski definition) is 2. The maximum Gasteiger partial charge on any atom is 0.272 e. The van der Waals surface area contributed by atoms with Crippen LogP contribution in [-0.2, 0) is 11.3 Å². The molecule has 0 aliphatic carbocycles. The van der Waals surface area contributed by atoms with E-state index < -0.39 is 0 Å². The second-order valence-electron chi connectivity index (χ2n) is 4.95. The fourth-order valence-corrected chi connectivity index (χ4v) is 3.49. The number of nitrogens with zero attached hydrogens (tertiary/aromatic N) is 2. The molecule has 0 fully saturated rings. The van der Waals surface area contributed by atoms with Crippen LogP contribution in [0, 0.1) is 12.3 Å². The molecule has 1 heterocycles. The van der Waals surface area contributed by atoms with Crippen molar-refractivity contribution < 1.29 is 4.79 Å². The van der Waals surface area contributed by atoms with Crippen molar-refractivity contribution in [2.75, 3.05) is 0 Å². The quantitative estimate of drug-likeness (QED) is 0.515. The smallest absolute Gasteiger partial charge is 0.272 e. The van der Waals surface area contributed by atoms with E-state index in [1.165, 1.54) is 17.4 Å². The van der Waals surface area contributed by atoms with Crippen molar-refractivity contribution in [3.8, 4) is 12.3 Å². The summed E-state index contributed by atoms with van der Waals surface area (Å²) in [6, 6.07) is 15.1. The van der Waals surface area contributed by atoms with Gasteiger partial charge in [-0.15, -0.1) is 6.42 Å². The SMILES string of the molecule is C#CCn1c(=NC(=O)C=Cc2ccccc2Cl)sc2ccccc21. The topological polar surface area (TPSA) is 34.4 Å². The largest absolute Gasteiger partial charge is 0.305 e. The van der Waals surface area contributed by atoms with Crippen molar-refractivity contribution in [1.82, 2.24) is 4.57 Å². The highest BCUT2D eigenvalue weighted by molar-refractivity contribution is 7.16. The molecule has 0 aliphatic heterocycles. The summed E-state index contributed by atoms with van der Waals surface area (Å²) in [7, 11) is 0. The second-order valence-corrected chi connectivity index (χ2v) is 6.36. The third-order valence-corrected chi connectivity index (χ3v) is 4.76. The zero-order valence-corrected chi connectivity index (χ0v) is 14.2. The molecule has 0 aliphatic rings. The maximum atomic E-state index is 12.2. The van der Waals surface area contributed by atoms with Crippen LogP contribution in [0.4, 0.5) is 0 Å². The van der Waals surface area contributed by atoms with Crippen LogP contribution in [0.5, 0.6) is 0 Å². The van der Waals surface area contributed by atoms with E-state index in [0.717, 1.165) is 15.8 Å². The Labute approximate surface area is 148 Å². The number of hydrogen-bond donors (Lipinski definition) is 0. The molecule has 0 saturated carbocycles. The number of fused-ring (bicyclic) bond motifs is 1. The van der Waals surface area contributed by atoms with Gasteiger partial charge in [0.15, 0.2) is 4.80 Å². The number of terminal acetylenes is 1. The van der Waals surface area contributed by atoms with Crippen LogP contribution < -0.4 is 4.80 Å². The maximum absolute atomic E-state index is 12.2. The van der Waals surface area contributed by atoms with E-state index in [2.05, 4.69) is 10.9 Å². The van der Waals surface area contributed by atoms with Crippen molar-refractivity contribution in [1.29, 1.82) is 0 Å². The Kier molecular flexibility index (Phi) is 4.95. The number of thiazole rings is 1. The molecule has 3 aromatic rings. The van der Waals surface area contributed by atoms with Gasteiger partial charge in [0, 0.05) is 11.1 Å². The molecule has 0 atom stereocenters. The Balaban J connectivity index is 1.98. The van der Waals surface area contributed by atoms with E-state index in [4.69, 9.17) is 18.0 Å². The molecule has 0 radical (unpaired) electrons. The molecular formula is C19H13ClN2OS. The lowest BCUT2D eigenvalue weighted by atomic mass is 10.2. The van der Waals surface area contributed by atoms with Gasteiger partial charge in [0.25, 0.3) is 5.91 Å². The molecule has 0 saturated heterocycles. The standard InChI is InChI=1S/C19H13ClN2OS/c1-2-13-22-16-9-5-6-10-17(16)24-19(22)21-18(23)12-11-14-7-3-4-8-15(14)20/h1,3-12H,13H2. The first-order valence-corrected chi connectivity index (χ1v) is 8.41. The summed E-state index contributed by atoms with van der Waals surface area (Å²) in [6.07, 6.45) is 8.51. The predicted octanol–water partition coefficient (Wildman–Crippen LogP) is 4.13. The molecule has 0 spiro atoms. The molecule has 5 heteroatoms. The highest BCUT2D eigenvalue weighted by atomic mass is 35.5. The number of benzene rings is 2. The minimum Gasteiger partial charge on any atom is -0.305 e. The van der Waals surface area contributed by atoms with Crippen LogP contribution in [0.25, 0.3) is 16.3 Å². The Morgan fingerprint density at radius 3 is 2.79 bits per heavy atom. The summed E-state index contributed by atoms with van der Waals surface area (Å²) in [5, 5.41) is 0.589. The van der Waals surface area contributed by atoms with E-state index in [9.17, 15) is 4.79 Å². The molecule has 3 nitrogen and oxygen atoms in total. The molecule has 24 heavy (non-hydrogen) atoms. The normalized spacial score (nSPS) is 11.9. The van der Waals surface area contributed by atoms with Crippen molar-refractivity contribution in [2.45, 2.75) is 6.54 Å². The number of amides is 1. The van der Waals surface area contributed by atoms with E-state index >= 15 is 0 Å². The Morgan fingerprint density at radius 1 is 1.25 bits per heavy atom. The molecule has 2 aromatic carbocycles. The van der Waals surface area contributed by atoms with Gasteiger partial charge in [-0.3, -0.25) is 4.79 Å². The molecule has 1 amide bonds. The van der Waals surface area contributed by atoms with Crippen molar-refractivity contribution in [3.05, 3.63) is 70.0 Å². The highest BCUT2D eigenvalue weighted by Crippen LogP contribution is 2.17. The van der Waals surface area contributed by atoms with Crippen LogP contribution in [0.15, 0.2) is 59.6 Å². The van der Waals surface area contributed by atoms with Crippen LogP contribution in [0.3, 0.4) is 0 Å². The fraction of sp³-hybridized carbons (Fsp3) is 0.0526. The minimum atomic E-state index is -0.354. The lowest BCUT2D eigenvalue weighted by Crippen LogP contribution is -2.15. The third-order valence-electron chi connectivity index (χ3n) is 3.35. The average Bonchev–Trinajstić information content (AvgIpc) is 2.92. The molecular weight excluding hydrogens is 340 g/mol. The van der Waals surface area contributed by atoms with E-state index in [0.29, 0.717) is 16.4 Å². The van der Waals surface area contributed by atoms with Gasteiger partial charge in [0.05, 0.1) is 16.8 Å². The third kappa shape index (κ3) is 3.48. The number of aromatic nitrogens is 1. The van der Waals surface area contributed by atoms with E-state index in [1.807, 2.05) is 47.0 Å². The van der Waals surface area contributed by atoms with Crippen molar-refractivity contribution in [3.63, 3.8) is 0 Å². The molecule has 118 valence electrons. The Hall–Kier alpha value is -2.61. The van der Waals surface area contributed by atoms with Crippen LogP contribution in [0.2, 0.25) is 5.02 Å². The van der Waals surface area contributed by atoms with Gasteiger partial charge < -0.3 is 4.57 Å². The Morgan fingerprint density at radius 2 is 2.00 bits per heavy atom. The monoisotopic (exact) mass is 352 g/mol. The lowest BCUT2D eigenvalue weighted by molar-refractivity contribution is -0.113. The highest BCUT2D eigenvalue weighted by Gasteiger charge is 2.05. The first-order valence-electron chi connectivity index (χ1n) is 7.22. The molecule has 0 N–H and O–H groups in total. The van der Waals surface area contributed by atoms with Gasteiger partial charge in [-0.1, -0.05) is 59.2 Å². The first-order chi connectivity index (χ1) is 11.7. The van der Waals surface area contributed by atoms with E-state index in [1.54, 1.807) is 12.1 Å². The van der Waals surface area contributed by atoms with Gasteiger partial charge in [0.1, 0.15) is 0 Å². The van der Waals surface area contributed by atoms with Gasteiger partial charge >= 0.3 is 0 Å². The van der Waals surface area contributed by atoms with Gasteiger partial charge in [0.2, 0.25) is 0 Å². The number of carbonyl (C=O) groups is 1. The number of halogens is 1. The van der Waals surface area contributed by atoms with Crippen LogP contribution in [0.1, 0.15) is 5.56 Å². The zero-order valence-electron chi connectivity index (χ0n) is 12.6. The summed E-state index contributed by atoms with van der Waals surface area (Å²) in [5.74, 6) is 2.25. The number of rotatable bonds is 3. The molecule has 0 unspecified atom stereocenters. The summed E-state index contributed by atoms with van der Waals surface area (Å²) in [5.41, 5.74) is 1.75. The van der Waals surface area contributed by atoms with Crippen LogP contribution in [-0.4, -0.2) is 10.5 Å². The average molecular weight is 353 g/mol. The number of carbonyl (C=O) groups excluding carboxylic acids is 1. The summed E-state index contributed by atoms with van der Waals surface area (Å²) < 4.78 is 2.90. The molecule has 0 bridgehead atoms. The van der Waals surface area contributed by atoms with Gasteiger partial charge in [-0.25, -0.2) is 0 Å². The second kappa shape index (κ2) is 7.31. The van der Waals surface area contributed by atoms with E-state index in [-0.39, 0.29) is 5.91 Å². The first kappa shape index (κ1) is 16.3. The Bertz CT molecular complexity index is 1040. The van der Waals surface area contributed by atoms with Crippen LogP contribution >= 0.6 is 22.9 Å². The number of para-hydroxylation sites is 1. The minimum absolute atomic E-state index is 0.354.